The van der Waals surface area contributed by atoms with Gasteiger partial charge in [-0.3, -0.25) is 14.5 Å². The number of rotatable bonds is 6. The fraction of sp³-hybridized carbons (Fsp3) is 0.409. The van der Waals surface area contributed by atoms with Gasteiger partial charge in [-0.25, -0.2) is 4.79 Å². The highest BCUT2D eigenvalue weighted by atomic mass is 16.3. The fourth-order valence-electron chi connectivity index (χ4n) is 3.93. The molecule has 1 fully saturated rings. The Bertz CT molecular complexity index is 960. The molecule has 29 heavy (non-hydrogen) atoms. The van der Waals surface area contributed by atoms with Gasteiger partial charge in [0.2, 0.25) is 5.91 Å². The molecule has 2 aromatic rings. The number of furan rings is 1. The molecule has 0 bridgehead atoms. The van der Waals surface area contributed by atoms with Gasteiger partial charge in [0.05, 0.1) is 0 Å². The molecule has 0 saturated carbocycles. The number of amides is 4. The molecule has 4 amide bonds. The van der Waals surface area contributed by atoms with Crippen LogP contribution in [0.15, 0.2) is 46.4 Å². The summed E-state index contributed by atoms with van der Waals surface area (Å²) >= 11 is 0. The van der Waals surface area contributed by atoms with Crippen molar-refractivity contribution in [3.63, 3.8) is 0 Å². The Kier molecular flexibility index (Phi) is 5.13. The maximum atomic E-state index is 13.0. The molecule has 1 saturated heterocycles. The van der Waals surface area contributed by atoms with E-state index in [0.29, 0.717) is 17.9 Å². The summed E-state index contributed by atoms with van der Waals surface area (Å²) in [7, 11) is 0. The molecule has 1 aliphatic heterocycles. The largest absolute Gasteiger partial charge is 0.458 e. The van der Waals surface area contributed by atoms with Crippen molar-refractivity contribution in [2.24, 2.45) is 0 Å². The summed E-state index contributed by atoms with van der Waals surface area (Å²) in [5, 5.41) is 6.33. The van der Waals surface area contributed by atoms with Crippen LogP contribution in [0.4, 0.5) is 4.79 Å². The van der Waals surface area contributed by atoms with Crippen molar-refractivity contribution in [3.05, 3.63) is 47.7 Å². The van der Waals surface area contributed by atoms with Gasteiger partial charge in [-0.05, 0) is 51.2 Å². The number of fused-ring (bicyclic) bond motifs is 1. The predicted octanol–water partition coefficient (Wildman–Crippen LogP) is 3.21. The SMILES string of the molecule is C[C@]1(c2cc3ccccc3o2)NC(=O)N(CC(=O)NCCC2=CCCCC2)C1=O. The molecule has 0 radical (unpaired) electrons. The first kappa shape index (κ1) is 19.2. The summed E-state index contributed by atoms with van der Waals surface area (Å²) in [6.45, 7) is 1.80. The number of urea groups is 1. The van der Waals surface area contributed by atoms with Crippen molar-refractivity contribution in [2.45, 2.75) is 44.6 Å². The zero-order chi connectivity index (χ0) is 20.4. The zero-order valence-corrected chi connectivity index (χ0v) is 16.5. The summed E-state index contributed by atoms with van der Waals surface area (Å²) in [6, 6.07) is 8.54. The van der Waals surface area contributed by atoms with Gasteiger partial charge < -0.3 is 15.1 Å². The third kappa shape index (κ3) is 3.77. The Labute approximate surface area is 169 Å². The number of nitrogens with one attached hydrogen (secondary N) is 2. The Hall–Kier alpha value is -3.09. The van der Waals surface area contributed by atoms with Crippen LogP contribution in [0.2, 0.25) is 0 Å². The van der Waals surface area contributed by atoms with Crippen molar-refractivity contribution in [2.75, 3.05) is 13.1 Å². The lowest BCUT2D eigenvalue weighted by Gasteiger charge is -2.19. The van der Waals surface area contributed by atoms with Gasteiger partial charge in [-0.15, -0.1) is 0 Å². The van der Waals surface area contributed by atoms with Gasteiger partial charge in [-0.2, -0.15) is 0 Å². The van der Waals surface area contributed by atoms with Gasteiger partial charge >= 0.3 is 6.03 Å². The predicted molar refractivity (Wildman–Crippen MR) is 108 cm³/mol. The van der Waals surface area contributed by atoms with Crippen LogP contribution in [0, 0.1) is 0 Å². The smallest absolute Gasteiger partial charge is 0.325 e. The number of para-hydroxylation sites is 1. The number of allylic oxidation sites excluding steroid dienone is 1. The van der Waals surface area contributed by atoms with Gasteiger partial charge in [0.1, 0.15) is 17.9 Å². The van der Waals surface area contributed by atoms with Crippen molar-refractivity contribution in [3.8, 4) is 0 Å². The van der Waals surface area contributed by atoms with Crippen LogP contribution >= 0.6 is 0 Å². The number of carbonyl (C=O) groups is 3. The lowest BCUT2D eigenvalue weighted by Crippen LogP contribution is -2.43. The summed E-state index contributed by atoms with van der Waals surface area (Å²) < 4.78 is 5.79. The van der Waals surface area contributed by atoms with Crippen molar-refractivity contribution < 1.29 is 18.8 Å². The molecule has 1 aromatic heterocycles. The second-order valence-electron chi connectivity index (χ2n) is 7.80. The average molecular weight is 395 g/mol. The second kappa shape index (κ2) is 7.73. The summed E-state index contributed by atoms with van der Waals surface area (Å²) in [5.41, 5.74) is 0.673. The van der Waals surface area contributed by atoms with Crippen LogP contribution in [0.3, 0.4) is 0 Å². The van der Waals surface area contributed by atoms with E-state index in [0.717, 1.165) is 29.5 Å². The van der Waals surface area contributed by atoms with E-state index < -0.39 is 17.5 Å². The quantitative estimate of drug-likeness (QED) is 0.580. The lowest BCUT2D eigenvalue weighted by molar-refractivity contribution is -0.135. The van der Waals surface area contributed by atoms with Crippen LogP contribution in [-0.4, -0.2) is 35.8 Å². The Morgan fingerprint density at radius 1 is 1.28 bits per heavy atom. The minimum atomic E-state index is -1.33. The van der Waals surface area contributed by atoms with E-state index in [2.05, 4.69) is 16.7 Å². The third-order valence-electron chi connectivity index (χ3n) is 5.65. The third-order valence-corrected chi connectivity index (χ3v) is 5.65. The fourth-order valence-corrected chi connectivity index (χ4v) is 3.93. The first-order chi connectivity index (χ1) is 14.0. The first-order valence-corrected chi connectivity index (χ1v) is 10.0. The Balaban J connectivity index is 1.39. The molecule has 1 aliphatic carbocycles. The van der Waals surface area contributed by atoms with Gasteiger partial charge in [0.15, 0.2) is 5.54 Å². The van der Waals surface area contributed by atoms with Crippen LogP contribution < -0.4 is 10.6 Å². The zero-order valence-electron chi connectivity index (χ0n) is 16.5. The molecular formula is C22H25N3O4. The number of carbonyl (C=O) groups excluding carboxylic acids is 3. The van der Waals surface area contributed by atoms with Gasteiger partial charge in [-0.1, -0.05) is 29.8 Å². The number of benzene rings is 1. The van der Waals surface area contributed by atoms with Crippen LogP contribution in [-0.2, 0) is 15.1 Å². The highest BCUT2D eigenvalue weighted by Crippen LogP contribution is 2.32. The van der Waals surface area contributed by atoms with Crippen LogP contribution in [0.1, 0.15) is 44.8 Å². The maximum Gasteiger partial charge on any atom is 0.325 e. The molecule has 4 rings (SSSR count). The number of hydrogen-bond donors (Lipinski definition) is 2. The van der Waals surface area contributed by atoms with E-state index in [4.69, 9.17) is 4.42 Å². The highest BCUT2D eigenvalue weighted by molar-refractivity contribution is 6.09. The standard InChI is InChI=1S/C22H25N3O4/c1-22(18-13-16-9-5-6-10-17(16)29-18)20(27)25(21(28)24-22)14-19(26)23-12-11-15-7-3-2-4-8-15/h5-7,9-10,13H,2-4,8,11-12,14H2,1H3,(H,23,26)(H,24,28)/t22-/m1/s1. The van der Waals surface area contributed by atoms with Crippen molar-refractivity contribution >= 4 is 28.8 Å². The summed E-state index contributed by atoms with van der Waals surface area (Å²) in [4.78, 5) is 38.6. The molecule has 2 heterocycles. The van der Waals surface area contributed by atoms with Gasteiger partial charge in [0, 0.05) is 11.9 Å². The first-order valence-electron chi connectivity index (χ1n) is 10.0. The van der Waals surface area contributed by atoms with E-state index in [1.807, 2.05) is 18.2 Å². The Morgan fingerprint density at radius 2 is 2.10 bits per heavy atom. The summed E-state index contributed by atoms with van der Waals surface area (Å²) in [5.74, 6) is -0.491. The van der Waals surface area contributed by atoms with Crippen LogP contribution in [0.5, 0.6) is 0 Å². The van der Waals surface area contributed by atoms with Crippen molar-refractivity contribution in [1.29, 1.82) is 0 Å². The monoisotopic (exact) mass is 395 g/mol. The molecule has 7 nitrogen and oxygen atoms in total. The van der Waals surface area contributed by atoms with Gasteiger partial charge in [0.25, 0.3) is 5.91 Å². The minimum absolute atomic E-state index is 0.306. The molecular weight excluding hydrogens is 370 g/mol. The molecule has 1 aromatic carbocycles. The second-order valence-corrected chi connectivity index (χ2v) is 7.80. The topological polar surface area (TPSA) is 91.7 Å². The average Bonchev–Trinajstić information content (AvgIpc) is 3.25. The normalized spacial score (nSPS) is 22.0. The maximum absolute atomic E-state index is 13.0. The molecule has 152 valence electrons. The number of nitrogens with zero attached hydrogens (tertiary/aromatic N) is 1. The van der Waals surface area contributed by atoms with E-state index in [1.54, 1.807) is 19.1 Å². The molecule has 7 heteroatoms. The van der Waals surface area contributed by atoms with E-state index in [1.165, 1.54) is 18.4 Å². The molecule has 0 unspecified atom stereocenters. The van der Waals surface area contributed by atoms with Crippen LogP contribution in [0.25, 0.3) is 11.0 Å². The Morgan fingerprint density at radius 3 is 2.86 bits per heavy atom. The van der Waals surface area contributed by atoms with E-state index in [-0.39, 0.29) is 12.5 Å². The number of hydrogen-bond acceptors (Lipinski definition) is 4. The lowest BCUT2D eigenvalue weighted by atomic mass is 9.97. The minimum Gasteiger partial charge on any atom is -0.458 e. The van der Waals surface area contributed by atoms with Crippen molar-refractivity contribution in [1.82, 2.24) is 15.5 Å². The molecule has 2 N–H and O–H groups in total. The summed E-state index contributed by atoms with van der Waals surface area (Å²) in [6.07, 6.45) is 7.66. The number of imide groups is 1. The molecule has 1 atom stereocenters. The molecule has 2 aliphatic rings. The van der Waals surface area contributed by atoms with E-state index >= 15 is 0 Å². The molecule has 0 spiro atoms. The van der Waals surface area contributed by atoms with E-state index in [9.17, 15) is 14.4 Å². The highest BCUT2D eigenvalue weighted by Gasteiger charge is 2.51.